The third-order valence-electron chi connectivity index (χ3n) is 3.45. The van der Waals surface area contributed by atoms with Crippen LogP contribution in [-0.4, -0.2) is 38.3 Å². The number of aromatic nitrogens is 1. The van der Waals surface area contributed by atoms with Crippen molar-refractivity contribution < 1.29 is 4.74 Å². The van der Waals surface area contributed by atoms with E-state index in [2.05, 4.69) is 21.3 Å². The van der Waals surface area contributed by atoms with E-state index in [-0.39, 0.29) is 0 Å². The lowest BCUT2D eigenvalue weighted by atomic mass is 10.1. The number of ether oxygens (including phenoxy) is 1. The minimum atomic E-state index is 0.597. The molecule has 1 aromatic heterocycles. The molecule has 2 heterocycles. The molecule has 19 heavy (non-hydrogen) atoms. The molecule has 1 aliphatic heterocycles. The Labute approximate surface area is 117 Å². The van der Waals surface area contributed by atoms with Gasteiger partial charge in [0.05, 0.1) is 17.6 Å². The number of nitrogens with zero attached hydrogens (tertiary/aromatic N) is 2. The van der Waals surface area contributed by atoms with Gasteiger partial charge in [0.15, 0.2) is 0 Å². The maximum atomic E-state index is 6.15. The van der Waals surface area contributed by atoms with Gasteiger partial charge in [-0.05, 0) is 18.2 Å². The van der Waals surface area contributed by atoms with Crippen LogP contribution in [0.15, 0.2) is 24.4 Å². The molecule has 2 aromatic rings. The molecule has 0 aliphatic carbocycles. The van der Waals surface area contributed by atoms with Gasteiger partial charge in [0.25, 0.3) is 0 Å². The molecular formula is C14H16ClN3O. The number of anilines is 1. The average Bonchev–Trinajstić information content (AvgIpc) is 2.46. The van der Waals surface area contributed by atoms with Gasteiger partial charge in [0, 0.05) is 43.4 Å². The van der Waals surface area contributed by atoms with Gasteiger partial charge in [-0.15, -0.1) is 0 Å². The zero-order valence-corrected chi connectivity index (χ0v) is 11.6. The summed E-state index contributed by atoms with van der Waals surface area (Å²) in [6.07, 6.45) is 1.84. The molecule has 0 radical (unpaired) electrons. The van der Waals surface area contributed by atoms with Crippen molar-refractivity contribution >= 4 is 28.2 Å². The van der Waals surface area contributed by atoms with Gasteiger partial charge in [-0.1, -0.05) is 11.6 Å². The third kappa shape index (κ3) is 2.33. The van der Waals surface area contributed by atoms with Gasteiger partial charge in [-0.25, -0.2) is 0 Å². The van der Waals surface area contributed by atoms with E-state index in [1.165, 1.54) is 5.69 Å². The second kappa shape index (κ2) is 5.23. The highest BCUT2D eigenvalue weighted by Gasteiger charge is 2.15. The number of pyridine rings is 1. The van der Waals surface area contributed by atoms with Crippen molar-refractivity contribution in [2.45, 2.75) is 0 Å². The van der Waals surface area contributed by atoms with Crippen LogP contribution >= 0.6 is 11.6 Å². The maximum Gasteiger partial charge on any atom is 0.138 e. The molecule has 1 aromatic carbocycles. The first-order valence-corrected chi connectivity index (χ1v) is 6.75. The van der Waals surface area contributed by atoms with Crippen LogP contribution in [0.3, 0.4) is 0 Å². The molecule has 1 fully saturated rings. The normalized spacial score (nSPS) is 15.8. The fourth-order valence-corrected chi connectivity index (χ4v) is 2.71. The first kappa shape index (κ1) is 12.5. The zero-order valence-electron chi connectivity index (χ0n) is 10.8. The summed E-state index contributed by atoms with van der Waals surface area (Å²) in [5, 5.41) is 5.05. The number of fused-ring (bicyclic) bond motifs is 1. The molecule has 0 unspecified atom stereocenters. The van der Waals surface area contributed by atoms with Crippen molar-refractivity contribution in [2.75, 3.05) is 38.2 Å². The number of piperazine rings is 1. The van der Waals surface area contributed by atoms with E-state index in [0.717, 1.165) is 37.1 Å². The molecule has 0 atom stereocenters. The molecule has 4 nitrogen and oxygen atoms in total. The summed E-state index contributed by atoms with van der Waals surface area (Å²) in [5.41, 5.74) is 2.10. The highest BCUT2D eigenvalue weighted by atomic mass is 35.5. The Hall–Kier alpha value is -1.52. The van der Waals surface area contributed by atoms with Crippen molar-refractivity contribution in [1.29, 1.82) is 0 Å². The molecule has 1 N–H and O–H groups in total. The minimum absolute atomic E-state index is 0.597. The summed E-state index contributed by atoms with van der Waals surface area (Å²) < 4.78 is 5.30. The van der Waals surface area contributed by atoms with Crippen LogP contribution in [0.4, 0.5) is 5.69 Å². The molecule has 0 saturated carbocycles. The molecule has 0 bridgehead atoms. The highest BCUT2D eigenvalue weighted by molar-refractivity contribution is 6.32. The van der Waals surface area contributed by atoms with Crippen LogP contribution in [0.2, 0.25) is 5.02 Å². The van der Waals surface area contributed by atoms with Crippen LogP contribution in [0.5, 0.6) is 5.75 Å². The quantitative estimate of drug-likeness (QED) is 0.914. The lowest BCUT2D eigenvalue weighted by Crippen LogP contribution is -2.43. The fraction of sp³-hybridized carbons (Fsp3) is 0.357. The predicted octanol–water partition coefficient (Wildman–Crippen LogP) is 2.31. The molecule has 0 amide bonds. The van der Waals surface area contributed by atoms with Crippen LogP contribution in [-0.2, 0) is 0 Å². The van der Waals surface area contributed by atoms with Gasteiger partial charge >= 0.3 is 0 Å². The first-order valence-electron chi connectivity index (χ1n) is 6.37. The largest absolute Gasteiger partial charge is 0.495 e. The van der Waals surface area contributed by atoms with E-state index < -0.39 is 0 Å². The van der Waals surface area contributed by atoms with Crippen LogP contribution < -0.4 is 15.0 Å². The second-order valence-electron chi connectivity index (χ2n) is 4.57. The number of methoxy groups -OCH3 is 1. The molecule has 1 saturated heterocycles. The standard InChI is InChI=1S/C14H16ClN3O/c1-19-14-8-10-12(9-11(14)15)17-3-2-13(10)18-6-4-16-5-7-18/h2-3,8-9,16H,4-7H2,1H3. The molecule has 100 valence electrons. The van der Waals surface area contributed by atoms with E-state index in [1.807, 2.05) is 18.3 Å². The maximum absolute atomic E-state index is 6.15. The molecule has 3 rings (SSSR count). The van der Waals surface area contributed by atoms with E-state index in [9.17, 15) is 0 Å². The summed E-state index contributed by atoms with van der Waals surface area (Å²) in [6, 6.07) is 5.89. The van der Waals surface area contributed by atoms with Gasteiger partial charge < -0.3 is 15.0 Å². The van der Waals surface area contributed by atoms with Gasteiger partial charge in [-0.3, -0.25) is 4.98 Å². The Kier molecular flexibility index (Phi) is 3.44. The third-order valence-corrected chi connectivity index (χ3v) is 3.75. The number of benzene rings is 1. The van der Waals surface area contributed by atoms with E-state index in [4.69, 9.17) is 16.3 Å². The Morgan fingerprint density at radius 3 is 2.84 bits per heavy atom. The van der Waals surface area contributed by atoms with Crippen molar-refractivity contribution in [2.24, 2.45) is 0 Å². The molecule has 1 aliphatic rings. The average molecular weight is 278 g/mol. The van der Waals surface area contributed by atoms with Gasteiger partial charge in [0.2, 0.25) is 0 Å². The summed E-state index contributed by atoms with van der Waals surface area (Å²) >= 11 is 6.15. The van der Waals surface area contributed by atoms with E-state index in [0.29, 0.717) is 10.8 Å². The Morgan fingerprint density at radius 2 is 2.11 bits per heavy atom. The molecule has 5 heteroatoms. The van der Waals surface area contributed by atoms with E-state index in [1.54, 1.807) is 7.11 Å². The number of rotatable bonds is 2. The fourth-order valence-electron chi connectivity index (χ4n) is 2.47. The van der Waals surface area contributed by atoms with Gasteiger partial charge in [0.1, 0.15) is 5.75 Å². The van der Waals surface area contributed by atoms with Crippen molar-refractivity contribution in [3.63, 3.8) is 0 Å². The predicted molar refractivity (Wildman–Crippen MR) is 78.4 cm³/mol. The minimum Gasteiger partial charge on any atom is -0.495 e. The topological polar surface area (TPSA) is 37.4 Å². The van der Waals surface area contributed by atoms with Gasteiger partial charge in [-0.2, -0.15) is 0 Å². The van der Waals surface area contributed by atoms with E-state index >= 15 is 0 Å². The summed E-state index contributed by atoms with van der Waals surface area (Å²) in [5.74, 6) is 0.693. The van der Waals surface area contributed by atoms with Crippen LogP contribution in [0.25, 0.3) is 10.9 Å². The zero-order chi connectivity index (χ0) is 13.2. The molecular weight excluding hydrogens is 262 g/mol. The summed E-state index contributed by atoms with van der Waals surface area (Å²) in [7, 11) is 1.63. The highest BCUT2D eigenvalue weighted by Crippen LogP contribution is 2.33. The molecule has 0 spiro atoms. The smallest absolute Gasteiger partial charge is 0.138 e. The summed E-state index contributed by atoms with van der Waals surface area (Å²) in [4.78, 5) is 6.76. The van der Waals surface area contributed by atoms with Crippen molar-refractivity contribution in [3.8, 4) is 5.75 Å². The Bertz CT molecular complexity index is 597. The SMILES string of the molecule is COc1cc2c(N3CCNCC3)ccnc2cc1Cl. The number of hydrogen-bond donors (Lipinski definition) is 1. The van der Waals surface area contributed by atoms with Crippen LogP contribution in [0.1, 0.15) is 0 Å². The number of nitrogens with one attached hydrogen (secondary N) is 1. The van der Waals surface area contributed by atoms with Crippen LogP contribution in [0, 0.1) is 0 Å². The first-order chi connectivity index (χ1) is 9.29. The van der Waals surface area contributed by atoms with Crippen molar-refractivity contribution in [3.05, 3.63) is 29.4 Å². The second-order valence-corrected chi connectivity index (χ2v) is 4.98. The lowest BCUT2D eigenvalue weighted by molar-refractivity contribution is 0.415. The Morgan fingerprint density at radius 1 is 1.32 bits per heavy atom. The summed E-state index contributed by atoms with van der Waals surface area (Å²) in [6.45, 7) is 4.02. The number of hydrogen-bond acceptors (Lipinski definition) is 4. The monoisotopic (exact) mass is 277 g/mol. The lowest BCUT2D eigenvalue weighted by Gasteiger charge is -2.30. The number of halogens is 1. The Balaban J connectivity index is 2.13. The van der Waals surface area contributed by atoms with Crippen molar-refractivity contribution in [1.82, 2.24) is 10.3 Å².